The summed E-state index contributed by atoms with van der Waals surface area (Å²) in [5.74, 6) is -0.401. The molecule has 7 nitrogen and oxygen atoms in total. The third-order valence-corrected chi connectivity index (χ3v) is 3.96. The fourth-order valence-corrected chi connectivity index (χ4v) is 2.81. The van der Waals surface area contributed by atoms with E-state index in [4.69, 9.17) is 5.26 Å². The lowest BCUT2D eigenvalue weighted by Gasteiger charge is -2.21. The van der Waals surface area contributed by atoms with Gasteiger partial charge in [0.15, 0.2) is 0 Å². The van der Waals surface area contributed by atoms with E-state index in [1.54, 1.807) is 29.2 Å². The van der Waals surface area contributed by atoms with Crippen molar-refractivity contribution in [3.05, 3.63) is 35.4 Å². The van der Waals surface area contributed by atoms with E-state index in [-0.39, 0.29) is 30.4 Å². The van der Waals surface area contributed by atoms with Crippen LogP contribution in [0.15, 0.2) is 24.3 Å². The van der Waals surface area contributed by atoms with Crippen molar-refractivity contribution in [2.24, 2.45) is 0 Å². The van der Waals surface area contributed by atoms with Gasteiger partial charge in [-0.05, 0) is 30.7 Å². The average molecular weight is 298 g/mol. The first kappa shape index (κ1) is 14.1. The Morgan fingerprint density at radius 1 is 1.27 bits per heavy atom. The summed E-state index contributed by atoms with van der Waals surface area (Å²) >= 11 is 0. The Bertz CT molecular complexity index is 661. The Balaban J connectivity index is 1.69. The highest BCUT2D eigenvalue weighted by Gasteiger charge is 2.39. The molecule has 0 radical (unpaired) electrons. The number of amides is 4. The Hall–Kier alpha value is -2.88. The normalized spacial score (nSPS) is 21.0. The largest absolute Gasteiger partial charge is 0.336 e. The van der Waals surface area contributed by atoms with Crippen LogP contribution in [0.4, 0.5) is 4.79 Å². The lowest BCUT2D eigenvalue weighted by atomic mass is 10.1. The fourth-order valence-electron chi connectivity index (χ4n) is 2.81. The molecular formula is C15H14N4O3. The molecule has 2 saturated heterocycles. The molecular weight excluding hydrogens is 284 g/mol. The van der Waals surface area contributed by atoms with Gasteiger partial charge in [-0.3, -0.25) is 14.5 Å². The number of imide groups is 1. The molecule has 1 aromatic carbocycles. The number of rotatable bonds is 2. The van der Waals surface area contributed by atoms with Gasteiger partial charge in [0.2, 0.25) is 5.91 Å². The molecule has 0 spiro atoms. The summed E-state index contributed by atoms with van der Waals surface area (Å²) in [6.07, 6.45) is 0.585. The van der Waals surface area contributed by atoms with E-state index in [9.17, 15) is 14.4 Å². The lowest BCUT2D eigenvalue weighted by Crippen LogP contribution is -2.42. The van der Waals surface area contributed by atoms with Gasteiger partial charge in [-0.25, -0.2) is 4.79 Å². The molecule has 2 fully saturated rings. The molecule has 1 aromatic rings. The molecule has 0 bridgehead atoms. The van der Waals surface area contributed by atoms with Crippen LogP contribution < -0.4 is 5.32 Å². The molecule has 112 valence electrons. The van der Waals surface area contributed by atoms with E-state index in [1.165, 1.54) is 4.90 Å². The predicted molar refractivity (Wildman–Crippen MR) is 75.7 cm³/mol. The predicted octanol–water partition coefficient (Wildman–Crippen LogP) is 0.325. The Kier molecular flexibility index (Phi) is 3.51. The van der Waals surface area contributed by atoms with Crippen LogP contribution in [0.25, 0.3) is 0 Å². The lowest BCUT2D eigenvalue weighted by molar-refractivity contribution is -0.126. The number of carbonyl (C=O) groups is 3. The summed E-state index contributed by atoms with van der Waals surface area (Å²) in [5, 5.41) is 11.3. The molecule has 2 heterocycles. The number of nitrogens with one attached hydrogen (secondary N) is 1. The van der Waals surface area contributed by atoms with Crippen LogP contribution in [0.5, 0.6) is 0 Å². The smallest absolute Gasteiger partial charge is 0.324 e. The van der Waals surface area contributed by atoms with E-state index in [1.807, 2.05) is 6.07 Å². The minimum absolute atomic E-state index is 0.0267. The van der Waals surface area contributed by atoms with Crippen LogP contribution in [0.3, 0.4) is 0 Å². The van der Waals surface area contributed by atoms with Crippen molar-refractivity contribution in [3.8, 4) is 6.07 Å². The summed E-state index contributed by atoms with van der Waals surface area (Å²) in [6, 6.07) is 7.77. The number of urea groups is 1. The molecule has 2 aliphatic heterocycles. The maximum absolute atomic E-state index is 12.4. The van der Waals surface area contributed by atoms with Gasteiger partial charge in [-0.2, -0.15) is 5.26 Å². The third kappa shape index (κ3) is 2.39. The van der Waals surface area contributed by atoms with Gasteiger partial charge in [0.25, 0.3) is 5.91 Å². The second kappa shape index (κ2) is 5.48. The number of nitriles is 1. The maximum atomic E-state index is 12.4. The minimum atomic E-state index is -0.386. The van der Waals surface area contributed by atoms with Crippen LogP contribution in [0.1, 0.15) is 22.3 Å². The van der Waals surface area contributed by atoms with E-state index in [0.29, 0.717) is 30.6 Å². The van der Waals surface area contributed by atoms with Crippen molar-refractivity contribution >= 4 is 17.8 Å². The molecule has 1 atom stereocenters. The number of carbonyl (C=O) groups excluding carboxylic acids is 3. The van der Waals surface area contributed by atoms with E-state index in [2.05, 4.69) is 5.32 Å². The second-order valence-corrected chi connectivity index (χ2v) is 5.31. The van der Waals surface area contributed by atoms with Gasteiger partial charge < -0.3 is 10.2 Å². The summed E-state index contributed by atoms with van der Waals surface area (Å²) in [5.41, 5.74) is 0.993. The standard InChI is InChI=1S/C15H14N4O3/c16-7-10-1-3-11(4-2-10)14(21)18-6-5-12(9-18)19-13(20)8-17-15(19)22/h1-4,12H,5-6,8-9H2,(H,17,22). The number of nitrogens with zero attached hydrogens (tertiary/aromatic N) is 3. The quantitative estimate of drug-likeness (QED) is 0.796. The molecule has 4 amide bonds. The topological polar surface area (TPSA) is 93.5 Å². The highest BCUT2D eigenvalue weighted by molar-refractivity contribution is 6.02. The van der Waals surface area contributed by atoms with Crippen molar-refractivity contribution < 1.29 is 14.4 Å². The summed E-state index contributed by atoms with van der Waals surface area (Å²) in [4.78, 5) is 38.6. The Labute approximate surface area is 127 Å². The highest BCUT2D eigenvalue weighted by Crippen LogP contribution is 2.20. The van der Waals surface area contributed by atoms with Gasteiger partial charge in [0, 0.05) is 18.7 Å². The highest BCUT2D eigenvalue weighted by atomic mass is 16.2. The van der Waals surface area contributed by atoms with Crippen LogP contribution in [0, 0.1) is 11.3 Å². The zero-order chi connectivity index (χ0) is 15.7. The van der Waals surface area contributed by atoms with E-state index < -0.39 is 0 Å². The fraction of sp³-hybridized carbons (Fsp3) is 0.333. The second-order valence-electron chi connectivity index (χ2n) is 5.31. The van der Waals surface area contributed by atoms with Crippen molar-refractivity contribution in [1.29, 1.82) is 5.26 Å². The van der Waals surface area contributed by atoms with Gasteiger partial charge in [0.05, 0.1) is 24.2 Å². The van der Waals surface area contributed by atoms with Gasteiger partial charge in [0.1, 0.15) is 0 Å². The molecule has 22 heavy (non-hydrogen) atoms. The zero-order valence-corrected chi connectivity index (χ0v) is 11.8. The third-order valence-electron chi connectivity index (χ3n) is 3.96. The monoisotopic (exact) mass is 298 g/mol. The molecule has 0 aromatic heterocycles. The van der Waals surface area contributed by atoms with Gasteiger partial charge >= 0.3 is 6.03 Å². The number of hydrogen-bond donors (Lipinski definition) is 1. The summed E-state index contributed by atoms with van der Waals surface area (Å²) < 4.78 is 0. The van der Waals surface area contributed by atoms with Gasteiger partial charge in [-0.15, -0.1) is 0 Å². The number of hydrogen-bond acceptors (Lipinski definition) is 4. The van der Waals surface area contributed by atoms with E-state index >= 15 is 0 Å². The summed E-state index contributed by atoms with van der Waals surface area (Å²) in [7, 11) is 0. The molecule has 0 saturated carbocycles. The van der Waals surface area contributed by atoms with Crippen molar-refractivity contribution in [1.82, 2.24) is 15.1 Å². The van der Waals surface area contributed by atoms with Crippen LogP contribution >= 0.6 is 0 Å². The number of likely N-dealkylation sites (tertiary alicyclic amines) is 1. The van der Waals surface area contributed by atoms with Crippen LogP contribution in [-0.4, -0.2) is 53.3 Å². The van der Waals surface area contributed by atoms with Crippen molar-refractivity contribution in [2.45, 2.75) is 12.5 Å². The first-order valence-electron chi connectivity index (χ1n) is 6.99. The van der Waals surface area contributed by atoms with Gasteiger partial charge in [-0.1, -0.05) is 0 Å². The Morgan fingerprint density at radius 3 is 2.59 bits per heavy atom. The molecule has 1 unspecified atom stereocenters. The first-order chi connectivity index (χ1) is 10.6. The van der Waals surface area contributed by atoms with Crippen LogP contribution in [0.2, 0.25) is 0 Å². The minimum Gasteiger partial charge on any atom is -0.336 e. The van der Waals surface area contributed by atoms with Crippen molar-refractivity contribution in [2.75, 3.05) is 19.6 Å². The number of benzene rings is 1. The van der Waals surface area contributed by atoms with Crippen LogP contribution in [-0.2, 0) is 4.79 Å². The molecule has 3 rings (SSSR count). The molecule has 7 heteroatoms. The first-order valence-corrected chi connectivity index (χ1v) is 6.99. The SMILES string of the molecule is N#Cc1ccc(C(=O)N2CCC(N3C(=O)CNC3=O)C2)cc1. The maximum Gasteiger partial charge on any atom is 0.324 e. The molecule has 2 aliphatic rings. The van der Waals surface area contributed by atoms with Crippen molar-refractivity contribution in [3.63, 3.8) is 0 Å². The molecule has 1 N–H and O–H groups in total. The average Bonchev–Trinajstić information content (AvgIpc) is 3.13. The van der Waals surface area contributed by atoms with E-state index in [0.717, 1.165) is 0 Å². The Morgan fingerprint density at radius 2 is 2.00 bits per heavy atom. The summed E-state index contributed by atoms with van der Waals surface area (Å²) in [6.45, 7) is 0.872. The zero-order valence-electron chi connectivity index (χ0n) is 11.8. The molecule has 0 aliphatic carbocycles.